The van der Waals surface area contributed by atoms with Crippen LogP contribution in [0.3, 0.4) is 0 Å². The van der Waals surface area contributed by atoms with Gasteiger partial charge in [-0.2, -0.15) is 4.98 Å². The van der Waals surface area contributed by atoms with E-state index in [1.807, 2.05) is 19.1 Å². The highest BCUT2D eigenvalue weighted by molar-refractivity contribution is 5.15. The van der Waals surface area contributed by atoms with Gasteiger partial charge in [0.15, 0.2) is 5.82 Å². The summed E-state index contributed by atoms with van der Waals surface area (Å²) in [5, 5.41) is 3.84. The van der Waals surface area contributed by atoms with Gasteiger partial charge in [-0.1, -0.05) is 24.2 Å². The topological polar surface area (TPSA) is 64.9 Å². The van der Waals surface area contributed by atoms with Crippen LogP contribution < -0.4 is 5.73 Å². The third-order valence-electron chi connectivity index (χ3n) is 2.23. The van der Waals surface area contributed by atoms with Crippen molar-refractivity contribution in [3.05, 3.63) is 23.9 Å². The normalized spacial score (nSPS) is 26.9. The average molecular weight is 179 g/mol. The molecule has 2 N–H and O–H groups in total. The zero-order valence-electron chi connectivity index (χ0n) is 7.60. The summed E-state index contributed by atoms with van der Waals surface area (Å²) >= 11 is 0. The summed E-state index contributed by atoms with van der Waals surface area (Å²) in [5.41, 5.74) is 5.73. The van der Waals surface area contributed by atoms with Gasteiger partial charge in [0.25, 0.3) is 0 Å². The number of rotatable bonds is 2. The van der Waals surface area contributed by atoms with Crippen LogP contribution in [0.5, 0.6) is 0 Å². The van der Waals surface area contributed by atoms with Crippen molar-refractivity contribution >= 4 is 0 Å². The van der Waals surface area contributed by atoms with E-state index in [1.165, 1.54) is 0 Å². The zero-order chi connectivity index (χ0) is 9.26. The number of allylic oxidation sites excluding steroid dienone is 1. The molecule has 0 spiro atoms. The molecule has 0 fully saturated rings. The first-order valence-electron chi connectivity index (χ1n) is 4.56. The Kier molecular flexibility index (Phi) is 2.14. The van der Waals surface area contributed by atoms with Crippen LogP contribution in [0.25, 0.3) is 0 Å². The number of nitrogens with zero attached hydrogens (tertiary/aromatic N) is 2. The SMILES string of the molecule is CCc1noc(C2C=CC(N)C2)n1. The number of aryl methyl sites for hydroxylation is 1. The second-order valence-corrected chi connectivity index (χ2v) is 3.29. The van der Waals surface area contributed by atoms with Crippen LogP contribution >= 0.6 is 0 Å². The first-order chi connectivity index (χ1) is 6.29. The molecule has 1 aromatic heterocycles. The van der Waals surface area contributed by atoms with Crippen LogP contribution in [0.2, 0.25) is 0 Å². The number of aromatic nitrogens is 2. The molecule has 2 unspecified atom stereocenters. The van der Waals surface area contributed by atoms with E-state index in [-0.39, 0.29) is 12.0 Å². The molecular formula is C9H13N3O. The summed E-state index contributed by atoms with van der Waals surface area (Å²) in [7, 11) is 0. The molecule has 4 nitrogen and oxygen atoms in total. The Morgan fingerprint density at radius 2 is 2.46 bits per heavy atom. The lowest BCUT2D eigenvalue weighted by atomic mass is 10.1. The van der Waals surface area contributed by atoms with E-state index in [2.05, 4.69) is 10.1 Å². The number of hydrogen-bond donors (Lipinski definition) is 1. The molecule has 0 aromatic carbocycles. The molecule has 2 atom stereocenters. The van der Waals surface area contributed by atoms with Crippen LogP contribution in [-0.2, 0) is 6.42 Å². The van der Waals surface area contributed by atoms with Gasteiger partial charge in [0.2, 0.25) is 5.89 Å². The highest BCUT2D eigenvalue weighted by Crippen LogP contribution is 2.26. The summed E-state index contributed by atoms with van der Waals surface area (Å²) in [4.78, 5) is 4.26. The van der Waals surface area contributed by atoms with E-state index in [4.69, 9.17) is 10.3 Å². The Bertz CT molecular complexity index is 318. The third-order valence-corrected chi connectivity index (χ3v) is 2.23. The molecule has 0 amide bonds. The summed E-state index contributed by atoms with van der Waals surface area (Å²) in [5.74, 6) is 1.69. The summed E-state index contributed by atoms with van der Waals surface area (Å²) < 4.78 is 5.12. The van der Waals surface area contributed by atoms with Crippen LogP contribution in [0.4, 0.5) is 0 Å². The Morgan fingerprint density at radius 1 is 1.62 bits per heavy atom. The monoisotopic (exact) mass is 179 g/mol. The highest BCUT2D eigenvalue weighted by Gasteiger charge is 2.22. The molecular weight excluding hydrogens is 166 g/mol. The fourth-order valence-corrected chi connectivity index (χ4v) is 1.47. The highest BCUT2D eigenvalue weighted by atomic mass is 16.5. The Morgan fingerprint density at radius 3 is 3.00 bits per heavy atom. The second kappa shape index (κ2) is 3.30. The third kappa shape index (κ3) is 1.62. The lowest BCUT2D eigenvalue weighted by Crippen LogP contribution is -2.14. The van der Waals surface area contributed by atoms with Gasteiger partial charge in [0.05, 0.1) is 5.92 Å². The van der Waals surface area contributed by atoms with Crippen molar-refractivity contribution in [3.8, 4) is 0 Å². The quantitative estimate of drug-likeness (QED) is 0.688. The lowest BCUT2D eigenvalue weighted by molar-refractivity contribution is 0.360. The van der Waals surface area contributed by atoms with Crippen LogP contribution in [0.1, 0.15) is 31.0 Å². The maximum atomic E-state index is 5.73. The first kappa shape index (κ1) is 8.44. The number of hydrogen-bond acceptors (Lipinski definition) is 4. The molecule has 0 saturated heterocycles. The molecule has 2 rings (SSSR count). The molecule has 1 aliphatic rings. The van der Waals surface area contributed by atoms with E-state index >= 15 is 0 Å². The van der Waals surface area contributed by atoms with Crippen molar-refractivity contribution in [2.75, 3.05) is 0 Å². The Hall–Kier alpha value is -1.16. The van der Waals surface area contributed by atoms with Gasteiger partial charge < -0.3 is 10.3 Å². The molecule has 1 aromatic rings. The molecule has 4 heteroatoms. The predicted molar refractivity (Wildman–Crippen MR) is 48.1 cm³/mol. The van der Waals surface area contributed by atoms with Gasteiger partial charge in [-0.05, 0) is 6.42 Å². The maximum absolute atomic E-state index is 5.73. The van der Waals surface area contributed by atoms with E-state index in [0.29, 0.717) is 5.89 Å². The first-order valence-corrected chi connectivity index (χ1v) is 4.56. The van der Waals surface area contributed by atoms with Crippen LogP contribution in [0.15, 0.2) is 16.7 Å². The van der Waals surface area contributed by atoms with Gasteiger partial charge in [-0.25, -0.2) is 0 Å². The lowest BCUT2D eigenvalue weighted by Gasteiger charge is -2.01. The van der Waals surface area contributed by atoms with Gasteiger partial charge in [0, 0.05) is 12.5 Å². The Labute approximate surface area is 76.8 Å². The number of nitrogens with two attached hydrogens (primary N) is 1. The largest absolute Gasteiger partial charge is 0.339 e. The minimum Gasteiger partial charge on any atom is -0.339 e. The molecule has 1 aliphatic carbocycles. The van der Waals surface area contributed by atoms with Crippen molar-refractivity contribution in [3.63, 3.8) is 0 Å². The Balaban J connectivity index is 2.13. The van der Waals surface area contributed by atoms with E-state index < -0.39 is 0 Å². The minimum absolute atomic E-state index is 0.141. The summed E-state index contributed by atoms with van der Waals surface area (Å²) in [6.45, 7) is 2.00. The minimum atomic E-state index is 0.141. The van der Waals surface area contributed by atoms with Crippen molar-refractivity contribution < 1.29 is 4.52 Å². The summed E-state index contributed by atoms with van der Waals surface area (Å²) in [6.07, 6.45) is 5.72. The van der Waals surface area contributed by atoms with Gasteiger partial charge in [0.1, 0.15) is 0 Å². The van der Waals surface area contributed by atoms with E-state index in [0.717, 1.165) is 18.7 Å². The molecule has 0 bridgehead atoms. The molecule has 70 valence electrons. The second-order valence-electron chi connectivity index (χ2n) is 3.29. The van der Waals surface area contributed by atoms with Gasteiger partial charge >= 0.3 is 0 Å². The van der Waals surface area contributed by atoms with Gasteiger partial charge in [-0.15, -0.1) is 0 Å². The van der Waals surface area contributed by atoms with Crippen molar-refractivity contribution in [2.24, 2.45) is 5.73 Å². The average Bonchev–Trinajstić information content (AvgIpc) is 2.71. The zero-order valence-corrected chi connectivity index (χ0v) is 7.60. The van der Waals surface area contributed by atoms with Crippen molar-refractivity contribution in [1.82, 2.24) is 10.1 Å². The molecule has 0 radical (unpaired) electrons. The smallest absolute Gasteiger partial charge is 0.233 e. The maximum Gasteiger partial charge on any atom is 0.233 e. The van der Waals surface area contributed by atoms with Gasteiger partial charge in [-0.3, -0.25) is 0 Å². The molecule has 1 heterocycles. The van der Waals surface area contributed by atoms with Crippen LogP contribution in [-0.4, -0.2) is 16.2 Å². The predicted octanol–water partition coefficient (Wildman–Crippen LogP) is 1.00. The fourth-order valence-electron chi connectivity index (χ4n) is 1.47. The molecule has 0 saturated carbocycles. The van der Waals surface area contributed by atoms with E-state index in [9.17, 15) is 0 Å². The van der Waals surface area contributed by atoms with E-state index in [1.54, 1.807) is 0 Å². The van der Waals surface area contributed by atoms with Crippen LogP contribution in [0, 0.1) is 0 Å². The van der Waals surface area contributed by atoms with Crippen molar-refractivity contribution in [1.29, 1.82) is 0 Å². The van der Waals surface area contributed by atoms with Crippen molar-refractivity contribution in [2.45, 2.75) is 31.7 Å². The standard InChI is InChI=1S/C9H13N3O/c1-2-8-11-9(13-12-8)6-3-4-7(10)5-6/h3-4,6-7H,2,5,10H2,1H3. The fraction of sp³-hybridized carbons (Fsp3) is 0.556. The summed E-state index contributed by atoms with van der Waals surface area (Å²) in [6, 6.07) is 0.141. The molecule has 0 aliphatic heterocycles. The molecule has 13 heavy (non-hydrogen) atoms.